The molecule has 2 aromatic carbocycles. The van der Waals surface area contributed by atoms with Gasteiger partial charge < -0.3 is 15.0 Å². The van der Waals surface area contributed by atoms with E-state index in [4.69, 9.17) is 16.3 Å². The zero-order chi connectivity index (χ0) is 23.9. The van der Waals surface area contributed by atoms with Crippen molar-refractivity contribution >= 4 is 46.1 Å². The molecule has 0 bridgehead atoms. The standard InChI is InChI=1S/C24H24ClN5O3S/c1-2-33-22(32)8-5-13-26-21(31)15-34-24-29-28-23(30(24)17-11-9-16(25)10-12-17)19-14-27-20-7-4-3-6-18(19)20/h3-4,6-7,9-12,14,27H,2,5,8,13,15H2,1H3,(H,26,31). The number of hydrogen-bond donors (Lipinski definition) is 2. The molecule has 0 unspecified atom stereocenters. The van der Waals surface area contributed by atoms with Crippen LogP contribution in [0.4, 0.5) is 0 Å². The highest BCUT2D eigenvalue weighted by Crippen LogP contribution is 2.32. The molecule has 0 aliphatic heterocycles. The van der Waals surface area contributed by atoms with E-state index in [1.54, 1.807) is 19.1 Å². The number of H-pyrrole nitrogens is 1. The Morgan fingerprint density at radius 1 is 1.15 bits per heavy atom. The second kappa shape index (κ2) is 11.2. The number of rotatable bonds is 10. The van der Waals surface area contributed by atoms with Gasteiger partial charge in [-0.3, -0.25) is 14.2 Å². The molecule has 0 aliphatic rings. The highest BCUT2D eigenvalue weighted by Gasteiger charge is 2.19. The third-order valence-corrected chi connectivity index (χ3v) is 6.25. The molecule has 1 amide bonds. The van der Waals surface area contributed by atoms with Crippen molar-refractivity contribution in [1.82, 2.24) is 25.1 Å². The maximum atomic E-state index is 12.4. The van der Waals surface area contributed by atoms with E-state index in [1.165, 1.54) is 11.8 Å². The van der Waals surface area contributed by atoms with Crippen LogP contribution < -0.4 is 5.32 Å². The molecule has 0 fully saturated rings. The van der Waals surface area contributed by atoms with Crippen molar-refractivity contribution in [2.24, 2.45) is 0 Å². The third kappa shape index (κ3) is 5.60. The number of carbonyl (C=O) groups is 2. The Hall–Kier alpha value is -3.30. The van der Waals surface area contributed by atoms with Gasteiger partial charge in [-0.2, -0.15) is 0 Å². The number of nitrogens with one attached hydrogen (secondary N) is 2. The van der Waals surface area contributed by atoms with Crippen LogP contribution in [0, 0.1) is 0 Å². The zero-order valence-corrected chi connectivity index (χ0v) is 20.2. The monoisotopic (exact) mass is 497 g/mol. The van der Waals surface area contributed by atoms with Crippen molar-refractivity contribution in [1.29, 1.82) is 0 Å². The molecule has 0 spiro atoms. The third-order valence-electron chi connectivity index (χ3n) is 5.07. The number of amides is 1. The largest absolute Gasteiger partial charge is 0.466 e. The summed E-state index contributed by atoms with van der Waals surface area (Å²) in [6.07, 6.45) is 2.72. The van der Waals surface area contributed by atoms with E-state index in [-0.39, 0.29) is 24.1 Å². The first kappa shape index (κ1) is 23.8. The van der Waals surface area contributed by atoms with Crippen LogP contribution in [0.2, 0.25) is 5.02 Å². The molecular weight excluding hydrogens is 474 g/mol. The molecule has 0 radical (unpaired) electrons. The SMILES string of the molecule is CCOC(=O)CCCNC(=O)CSc1nnc(-c2c[nH]c3ccccc23)n1-c1ccc(Cl)cc1. The van der Waals surface area contributed by atoms with Gasteiger partial charge in [-0.05, 0) is 43.7 Å². The summed E-state index contributed by atoms with van der Waals surface area (Å²) in [6, 6.07) is 15.4. The van der Waals surface area contributed by atoms with E-state index < -0.39 is 0 Å². The van der Waals surface area contributed by atoms with Crippen LogP contribution in [0.5, 0.6) is 0 Å². The predicted octanol–water partition coefficient (Wildman–Crippen LogP) is 4.62. The zero-order valence-electron chi connectivity index (χ0n) is 18.6. The van der Waals surface area contributed by atoms with Crippen molar-refractivity contribution in [2.75, 3.05) is 18.9 Å². The number of nitrogens with zero attached hydrogens (tertiary/aromatic N) is 3. The van der Waals surface area contributed by atoms with Crippen molar-refractivity contribution in [3.8, 4) is 17.1 Å². The number of ether oxygens (including phenoxy) is 1. The van der Waals surface area contributed by atoms with Gasteiger partial charge in [-0.1, -0.05) is 41.6 Å². The fourth-order valence-electron chi connectivity index (χ4n) is 3.49. The summed E-state index contributed by atoms with van der Waals surface area (Å²) in [5.41, 5.74) is 2.75. The van der Waals surface area contributed by atoms with Gasteiger partial charge in [0, 0.05) is 46.3 Å². The first-order valence-corrected chi connectivity index (χ1v) is 12.3. The molecule has 0 saturated heterocycles. The Morgan fingerprint density at radius 3 is 2.74 bits per heavy atom. The van der Waals surface area contributed by atoms with Gasteiger partial charge in [0.25, 0.3) is 0 Å². The highest BCUT2D eigenvalue weighted by molar-refractivity contribution is 7.99. The lowest BCUT2D eigenvalue weighted by atomic mass is 10.1. The second-order valence-electron chi connectivity index (χ2n) is 7.41. The maximum Gasteiger partial charge on any atom is 0.305 e. The molecule has 0 atom stereocenters. The first-order chi connectivity index (χ1) is 16.6. The highest BCUT2D eigenvalue weighted by atomic mass is 35.5. The number of esters is 1. The van der Waals surface area contributed by atoms with Crippen molar-refractivity contribution < 1.29 is 14.3 Å². The first-order valence-electron chi connectivity index (χ1n) is 10.9. The smallest absolute Gasteiger partial charge is 0.305 e. The lowest BCUT2D eigenvalue weighted by Gasteiger charge is -2.10. The Balaban J connectivity index is 1.51. The summed E-state index contributed by atoms with van der Waals surface area (Å²) in [7, 11) is 0. The molecule has 0 saturated carbocycles. The minimum atomic E-state index is -0.257. The van der Waals surface area contributed by atoms with E-state index in [0.717, 1.165) is 22.2 Å². The summed E-state index contributed by atoms with van der Waals surface area (Å²) in [5.74, 6) is 0.427. The average molecular weight is 498 g/mol. The minimum absolute atomic E-state index is 0.145. The van der Waals surface area contributed by atoms with Gasteiger partial charge >= 0.3 is 5.97 Å². The number of halogens is 1. The van der Waals surface area contributed by atoms with Crippen molar-refractivity contribution in [2.45, 2.75) is 24.9 Å². The van der Waals surface area contributed by atoms with Gasteiger partial charge in [0.1, 0.15) is 0 Å². The molecule has 34 heavy (non-hydrogen) atoms. The Bertz CT molecular complexity index is 1290. The van der Waals surface area contributed by atoms with E-state index in [1.807, 2.05) is 47.2 Å². The van der Waals surface area contributed by atoms with Crippen LogP contribution in [-0.4, -0.2) is 50.5 Å². The molecule has 2 N–H and O–H groups in total. The average Bonchev–Trinajstić information content (AvgIpc) is 3.45. The van der Waals surface area contributed by atoms with Crippen LogP contribution in [0.25, 0.3) is 28.0 Å². The molecule has 8 nitrogen and oxygen atoms in total. The van der Waals surface area contributed by atoms with Gasteiger partial charge in [0.05, 0.1) is 12.4 Å². The number of hydrogen-bond acceptors (Lipinski definition) is 6. The molecule has 4 aromatic rings. The number of thioether (sulfide) groups is 1. The quantitative estimate of drug-likeness (QED) is 0.188. The topological polar surface area (TPSA) is 102 Å². The van der Waals surface area contributed by atoms with Crippen LogP contribution in [0.3, 0.4) is 0 Å². The van der Waals surface area contributed by atoms with Crippen molar-refractivity contribution in [3.63, 3.8) is 0 Å². The Labute approximate surface area is 206 Å². The molecule has 4 rings (SSSR count). The normalized spacial score (nSPS) is 11.0. The van der Waals surface area contributed by atoms with E-state index in [2.05, 4.69) is 20.5 Å². The molecular formula is C24H24ClN5O3S. The van der Waals surface area contributed by atoms with Gasteiger partial charge in [-0.25, -0.2) is 0 Å². The number of fused-ring (bicyclic) bond motifs is 1. The molecule has 2 heterocycles. The number of aromatic amines is 1. The van der Waals surface area contributed by atoms with E-state index in [9.17, 15) is 9.59 Å². The summed E-state index contributed by atoms with van der Waals surface area (Å²) in [5, 5.41) is 13.9. The minimum Gasteiger partial charge on any atom is -0.466 e. The Morgan fingerprint density at radius 2 is 1.94 bits per heavy atom. The van der Waals surface area contributed by atoms with Gasteiger partial charge in [-0.15, -0.1) is 10.2 Å². The number of carbonyl (C=O) groups excluding carboxylic acids is 2. The van der Waals surface area contributed by atoms with Crippen molar-refractivity contribution in [3.05, 3.63) is 59.8 Å². The lowest BCUT2D eigenvalue weighted by Crippen LogP contribution is -2.26. The summed E-state index contributed by atoms with van der Waals surface area (Å²) < 4.78 is 6.81. The number of aromatic nitrogens is 4. The lowest BCUT2D eigenvalue weighted by molar-refractivity contribution is -0.143. The molecule has 2 aromatic heterocycles. The van der Waals surface area contributed by atoms with Crippen LogP contribution in [0.15, 0.2) is 59.9 Å². The second-order valence-corrected chi connectivity index (χ2v) is 8.79. The fraction of sp³-hybridized carbons (Fsp3) is 0.250. The number of para-hydroxylation sites is 1. The number of benzene rings is 2. The van der Waals surface area contributed by atoms with E-state index >= 15 is 0 Å². The molecule has 10 heteroatoms. The van der Waals surface area contributed by atoms with E-state index in [0.29, 0.717) is 35.6 Å². The predicted molar refractivity (Wildman–Crippen MR) is 133 cm³/mol. The maximum absolute atomic E-state index is 12.4. The van der Waals surface area contributed by atoms with Gasteiger partial charge in [0.15, 0.2) is 11.0 Å². The summed E-state index contributed by atoms with van der Waals surface area (Å²) in [6.45, 7) is 2.53. The molecule has 0 aliphatic carbocycles. The van der Waals surface area contributed by atoms with Crippen LogP contribution in [0.1, 0.15) is 19.8 Å². The van der Waals surface area contributed by atoms with Crippen LogP contribution in [-0.2, 0) is 14.3 Å². The Kier molecular flexibility index (Phi) is 7.87. The summed E-state index contributed by atoms with van der Waals surface area (Å²) >= 11 is 7.39. The fourth-order valence-corrected chi connectivity index (χ4v) is 4.40. The summed E-state index contributed by atoms with van der Waals surface area (Å²) in [4.78, 5) is 27.0. The van der Waals surface area contributed by atoms with Gasteiger partial charge in [0.2, 0.25) is 5.91 Å². The van der Waals surface area contributed by atoms with Crippen LogP contribution >= 0.6 is 23.4 Å². The molecule has 176 valence electrons.